The number of rotatable bonds is 6. The van der Waals surface area contributed by atoms with Crippen LogP contribution in [-0.4, -0.2) is 27.3 Å². The van der Waals surface area contributed by atoms with Crippen LogP contribution in [0.25, 0.3) is 0 Å². The summed E-state index contributed by atoms with van der Waals surface area (Å²) in [5.74, 6) is 0.240. The Balaban J connectivity index is 1.98. The molecule has 2 aromatic rings. The van der Waals surface area contributed by atoms with E-state index in [1.165, 1.54) is 5.56 Å². The number of aromatic nitrogens is 2. The number of amides is 1. The molecule has 5 nitrogen and oxygen atoms in total. The minimum absolute atomic E-state index is 0.174. The molecule has 2 rings (SSSR count). The number of aryl methyl sites for hydroxylation is 2. The van der Waals surface area contributed by atoms with Gasteiger partial charge in [0.25, 0.3) is 5.91 Å². The molecule has 23 heavy (non-hydrogen) atoms. The summed E-state index contributed by atoms with van der Waals surface area (Å²) in [7, 11) is 0. The molecule has 1 atom stereocenters. The summed E-state index contributed by atoms with van der Waals surface area (Å²) in [5.41, 5.74) is 3.36. The summed E-state index contributed by atoms with van der Waals surface area (Å²) >= 11 is 0. The van der Waals surface area contributed by atoms with Crippen LogP contribution in [0, 0.1) is 6.92 Å². The molecule has 0 bridgehead atoms. The summed E-state index contributed by atoms with van der Waals surface area (Å²) in [5, 5.41) is 17.3. The Morgan fingerprint density at radius 1 is 1.26 bits per heavy atom. The Bertz CT molecular complexity index is 659. The molecule has 124 valence electrons. The Morgan fingerprint density at radius 3 is 2.43 bits per heavy atom. The van der Waals surface area contributed by atoms with E-state index in [4.69, 9.17) is 0 Å². The zero-order chi connectivity index (χ0) is 17.0. The summed E-state index contributed by atoms with van der Waals surface area (Å²) < 4.78 is 1.66. The van der Waals surface area contributed by atoms with Crippen molar-refractivity contribution in [1.82, 2.24) is 15.1 Å². The van der Waals surface area contributed by atoms with E-state index < -0.39 is 6.10 Å². The fourth-order valence-corrected chi connectivity index (χ4v) is 2.47. The molecule has 0 fully saturated rings. The summed E-state index contributed by atoms with van der Waals surface area (Å²) in [6, 6.07) is 9.60. The molecule has 1 aromatic carbocycles. The minimum atomic E-state index is -0.723. The van der Waals surface area contributed by atoms with E-state index >= 15 is 0 Å². The first kappa shape index (κ1) is 17.2. The zero-order valence-electron chi connectivity index (χ0n) is 14.2. The van der Waals surface area contributed by atoms with Gasteiger partial charge in [-0.2, -0.15) is 5.10 Å². The molecule has 0 aliphatic carbocycles. The van der Waals surface area contributed by atoms with Crippen LogP contribution in [0.2, 0.25) is 0 Å². The average molecular weight is 315 g/mol. The van der Waals surface area contributed by atoms with Gasteiger partial charge in [-0.15, -0.1) is 0 Å². The predicted octanol–water partition coefficient (Wildman–Crippen LogP) is 2.80. The summed E-state index contributed by atoms with van der Waals surface area (Å²) in [6.45, 7) is 8.86. The first-order valence-corrected chi connectivity index (χ1v) is 8.03. The lowest BCUT2D eigenvalue weighted by molar-refractivity contribution is 0.0905. The minimum Gasteiger partial charge on any atom is -0.387 e. The van der Waals surface area contributed by atoms with Gasteiger partial charge in [-0.25, -0.2) is 0 Å². The molecule has 0 saturated heterocycles. The summed E-state index contributed by atoms with van der Waals surface area (Å²) in [4.78, 5) is 12.2. The lowest BCUT2D eigenvalue weighted by atomic mass is 10.00. The maximum absolute atomic E-state index is 12.2. The third-order valence-corrected chi connectivity index (χ3v) is 3.88. The number of carbonyl (C=O) groups is 1. The van der Waals surface area contributed by atoms with Crippen molar-refractivity contribution in [1.29, 1.82) is 0 Å². The van der Waals surface area contributed by atoms with Gasteiger partial charge in [-0.1, -0.05) is 38.1 Å². The van der Waals surface area contributed by atoms with E-state index in [-0.39, 0.29) is 12.5 Å². The van der Waals surface area contributed by atoms with E-state index in [9.17, 15) is 9.90 Å². The quantitative estimate of drug-likeness (QED) is 0.861. The molecular weight excluding hydrogens is 290 g/mol. The highest BCUT2D eigenvalue weighted by molar-refractivity contribution is 5.92. The topological polar surface area (TPSA) is 67.2 Å². The van der Waals surface area contributed by atoms with Gasteiger partial charge < -0.3 is 10.4 Å². The van der Waals surface area contributed by atoms with Crippen LogP contribution in [0.4, 0.5) is 0 Å². The molecule has 1 aromatic heterocycles. The fraction of sp³-hybridized carbons (Fsp3) is 0.444. The van der Waals surface area contributed by atoms with Gasteiger partial charge in [0.1, 0.15) is 5.69 Å². The van der Waals surface area contributed by atoms with Crippen molar-refractivity contribution in [3.8, 4) is 0 Å². The van der Waals surface area contributed by atoms with Gasteiger partial charge in [0.15, 0.2) is 0 Å². The van der Waals surface area contributed by atoms with Gasteiger partial charge in [-0.05, 0) is 37.0 Å². The molecule has 1 heterocycles. The molecule has 0 aliphatic heterocycles. The maximum Gasteiger partial charge on any atom is 0.269 e. The Morgan fingerprint density at radius 2 is 1.87 bits per heavy atom. The van der Waals surface area contributed by atoms with Gasteiger partial charge in [0.2, 0.25) is 0 Å². The van der Waals surface area contributed by atoms with E-state index in [0.29, 0.717) is 18.2 Å². The van der Waals surface area contributed by atoms with Crippen LogP contribution in [0.5, 0.6) is 0 Å². The molecule has 0 radical (unpaired) electrons. The van der Waals surface area contributed by atoms with Crippen molar-refractivity contribution in [2.45, 2.75) is 46.3 Å². The van der Waals surface area contributed by atoms with Crippen LogP contribution in [0.1, 0.15) is 60.1 Å². The van der Waals surface area contributed by atoms with E-state index in [1.807, 2.05) is 38.1 Å². The zero-order valence-corrected chi connectivity index (χ0v) is 14.2. The number of hydrogen-bond acceptors (Lipinski definition) is 3. The standard InChI is InChI=1S/C18H25N3O2/c1-5-21-16(10-13(4)20-21)18(23)19-11-17(22)15-8-6-14(7-9-15)12(2)3/h6-10,12,17,22H,5,11H2,1-4H3,(H,19,23). The second-order valence-electron chi connectivity index (χ2n) is 6.03. The normalized spacial score (nSPS) is 12.4. The van der Waals surface area contributed by atoms with Crippen LogP contribution in [-0.2, 0) is 6.54 Å². The van der Waals surface area contributed by atoms with Gasteiger partial charge >= 0.3 is 0 Å². The van der Waals surface area contributed by atoms with Crippen molar-refractivity contribution in [2.24, 2.45) is 0 Å². The number of nitrogens with one attached hydrogen (secondary N) is 1. The first-order valence-electron chi connectivity index (χ1n) is 8.03. The molecule has 0 spiro atoms. The highest BCUT2D eigenvalue weighted by Gasteiger charge is 2.15. The fourth-order valence-electron chi connectivity index (χ4n) is 2.47. The van der Waals surface area contributed by atoms with Gasteiger partial charge in [-0.3, -0.25) is 9.48 Å². The lowest BCUT2D eigenvalue weighted by Crippen LogP contribution is -2.30. The number of aliphatic hydroxyl groups excluding tert-OH is 1. The predicted molar refractivity (Wildman–Crippen MR) is 90.5 cm³/mol. The Labute approximate surface area is 137 Å². The van der Waals surface area contributed by atoms with E-state index in [1.54, 1.807) is 10.7 Å². The summed E-state index contributed by atoms with van der Waals surface area (Å²) in [6.07, 6.45) is -0.723. The first-order chi connectivity index (χ1) is 10.9. The second-order valence-corrected chi connectivity index (χ2v) is 6.03. The molecule has 0 saturated carbocycles. The van der Waals surface area contributed by atoms with E-state index in [2.05, 4.69) is 24.3 Å². The van der Waals surface area contributed by atoms with Crippen LogP contribution < -0.4 is 5.32 Å². The number of benzene rings is 1. The molecule has 1 amide bonds. The number of hydrogen-bond donors (Lipinski definition) is 2. The van der Waals surface area contributed by atoms with Crippen LogP contribution in [0.15, 0.2) is 30.3 Å². The highest BCUT2D eigenvalue weighted by atomic mass is 16.3. The van der Waals surface area contributed by atoms with Crippen LogP contribution >= 0.6 is 0 Å². The average Bonchev–Trinajstić information content (AvgIpc) is 2.93. The largest absolute Gasteiger partial charge is 0.387 e. The number of aliphatic hydroxyl groups is 1. The SMILES string of the molecule is CCn1nc(C)cc1C(=O)NCC(O)c1ccc(C(C)C)cc1. The monoisotopic (exact) mass is 315 g/mol. The third-order valence-electron chi connectivity index (χ3n) is 3.88. The van der Waals surface area contributed by atoms with E-state index in [0.717, 1.165) is 11.3 Å². The van der Waals surface area contributed by atoms with Gasteiger partial charge in [0, 0.05) is 13.1 Å². The smallest absolute Gasteiger partial charge is 0.269 e. The van der Waals surface area contributed by atoms with Gasteiger partial charge in [0.05, 0.1) is 11.8 Å². The Kier molecular flexibility index (Phi) is 5.55. The highest BCUT2D eigenvalue weighted by Crippen LogP contribution is 2.18. The number of nitrogens with zero attached hydrogens (tertiary/aromatic N) is 2. The van der Waals surface area contributed by atoms with Crippen molar-refractivity contribution >= 4 is 5.91 Å². The maximum atomic E-state index is 12.2. The molecule has 1 unspecified atom stereocenters. The second kappa shape index (κ2) is 7.42. The lowest BCUT2D eigenvalue weighted by Gasteiger charge is -2.14. The van der Waals surface area contributed by atoms with Crippen molar-refractivity contribution in [3.63, 3.8) is 0 Å². The van der Waals surface area contributed by atoms with Crippen molar-refractivity contribution in [3.05, 3.63) is 52.8 Å². The molecule has 2 N–H and O–H groups in total. The molecule has 5 heteroatoms. The molecule has 0 aliphatic rings. The third kappa shape index (κ3) is 4.20. The number of carbonyl (C=O) groups excluding carboxylic acids is 1. The van der Waals surface area contributed by atoms with Crippen molar-refractivity contribution < 1.29 is 9.90 Å². The molecular formula is C18H25N3O2. The van der Waals surface area contributed by atoms with Crippen LogP contribution in [0.3, 0.4) is 0 Å². The Hall–Kier alpha value is -2.14. The van der Waals surface area contributed by atoms with Crippen molar-refractivity contribution in [2.75, 3.05) is 6.54 Å².